The summed E-state index contributed by atoms with van der Waals surface area (Å²) in [5, 5.41) is 20.3. The highest BCUT2D eigenvalue weighted by molar-refractivity contribution is 5.89. The molecule has 0 aliphatic carbocycles. The molecule has 0 saturated carbocycles. The fraction of sp³-hybridized carbons (Fsp3) is 0.500. The number of nitro groups is 1. The molecule has 8 nitrogen and oxygen atoms in total. The third-order valence-corrected chi connectivity index (χ3v) is 4.31. The average Bonchev–Trinajstić information content (AvgIpc) is 3.01. The van der Waals surface area contributed by atoms with Gasteiger partial charge in [-0.05, 0) is 25.0 Å². The molecule has 1 amide bonds. The Morgan fingerprint density at radius 3 is 2.75 bits per heavy atom. The van der Waals surface area contributed by atoms with E-state index >= 15 is 0 Å². The zero-order chi connectivity index (χ0) is 17.9. The Morgan fingerprint density at radius 2 is 2.17 bits per heavy atom. The Kier molecular flexibility index (Phi) is 5.38. The van der Waals surface area contributed by atoms with Gasteiger partial charge < -0.3 is 14.9 Å². The predicted octanol–water partition coefficient (Wildman–Crippen LogP) is 2.13. The fourth-order valence-corrected chi connectivity index (χ4v) is 3.10. The molecule has 0 radical (unpaired) electrons. The number of anilines is 1. The second-order valence-electron chi connectivity index (χ2n) is 5.88. The van der Waals surface area contributed by atoms with E-state index in [1.165, 1.54) is 12.1 Å². The number of amides is 1. The van der Waals surface area contributed by atoms with E-state index in [4.69, 9.17) is 5.11 Å². The lowest BCUT2D eigenvalue weighted by molar-refractivity contribution is -0.384. The van der Waals surface area contributed by atoms with Gasteiger partial charge in [0, 0.05) is 38.7 Å². The number of carbonyl (C=O) groups excluding carboxylic acids is 1. The van der Waals surface area contributed by atoms with Gasteiger partial charge in [0.25, 0.3) is 5.69 Å². The largest absolute Gasteiger partial charge is 0.478 e. The van der Waals surface area contributed by atoms with Gasteiger partial charge in [-0.15, -0.1) is 0 Å². The van der Waals surface area contributed by atoms with E-state index in [0.29, 0.717) is 25.2 Å². The predicted molar refractivity (Wildman–Crippen MR) is 88.4 cm³/mol. The number of rotatable bonds is 6. The van der Waals surface area contributed by atoms with E-state index in [9.17, 15) is 19.7 Å². The van der Waals surface area contributed by atoms with E-state index in [-0.39, 0.29) is 23.2 Å². The summed E-state index contributed by atoms with van der Waals surface area (Å²) in [6.45, 7) is 3.00. The smallest absolute Gasteiger partial charge is 0.335 e. The van der Waals surface area contributed by atoms with E-state index in [2.05, 4.69) is 0 Å². The zero-order valence-electron chi connectivity index (χ0n) is 13.8. The van der Waals surface area contributed by atoms with Gasteiger partial charge in [0.1, 0.15) is 5.69 Å². The van der Waals surface area contributed by atoms with Gasteiger partial charge >= 0.3 is 5.97 Å². The number of hydrogen-bond donors (Lipinski definition) is 1. The molecule has 1 heterocycles. The fourth-order valence-electron chi connectivity index (χ4n) is 3.10. The normalized spacial score (nSPS) is 16.9. The van der Waals surface area contributed by atoms with Crippen LogP contribution in [0.2, 0.25) is 0 Å². The minimum Gasteiger partial charge on any atom is -0.478 e. The van der Waals surface area contributed by atoms with Crippen LogP contribution in [-0.4, -0.2) is 53.0 Å². The van der Waals surface area contributed by atoms with Crippen LogP contribution in [0.3, 0.4) is 0 Å². The summed E-state index contributed by atoms with van der Waals surface area (Å²) >= 11 is 0. The van der Waals surface area contributed by atoms with Gasteiger partial charge in [-0.3, -0.25) is 14.9 Å². The second-order valence-corrected chi connectivity index (χ2v) is 5.88. The summed E-state index contributed by atoms with van der Waals surface area (Å²) in [5.41, 5.74) is -0.0212. The Balaban J connectivity index is 2.23. The van der Waals surface area contributed by atoms with Gasteiger partial charge in [0.05, 0.1) is 10.5 Å². The molecule has 1 aromatic carbocycles. The lowest BCUT2D eigenvalue weighted by atomic mass is 10.1. The molecule has 1 saturated heterocycles. The van der Waals surface area contributed by atoms with Crippen LogP contribution < -0.4 is 4.90 Å². The Bertz CT molecular complexity index is 661. The number of nitro benzene ring substituents is 1. The number of aromatic carboxylic acids is 1. The van der Waals surface area contributed by atoms with Crippen LogP contribution in [0, 0.1) is 10.1 Å². The first-order valence-corrected chi connectivity index (χ1v) is 7.87. The molecule has 2 rings (SSSR count). The number of benzene rings is 1. The first-order valence-electron chi connectivity index (χ1n) is 7.87. The quantitative estimate of drug-likeness (QED) is 0.631. The van der Waals surface area contributed by atoms with Crippen molar-refractivity contribution in [1.82, 2.24) is 4.90 Å². The van der Waals surface area contributed by atoms with Gasteiger partial charge in [0.15, 0.2) is 0 Å². The Hall–Kier alpha value is -2.64. The summed E-state index contributed by atoms with van der Waals surface area (Å²) in [6.07, 6.45) is 2.22. The molecule has 1 atom stereocenters. The van der Waals surface area contributed by atoms with Crippen LogP contribution in [0.4, 0.5) is 11.4 Å². The molecule has 130 valence electrons. The minimum atomic E-state index is -1.21. The zero-order valence-corrected chi connectivity index (χ0v) is 13.8. The molecule has 1 aliphatic heterocycles. The van der Waals surface area contributed by atoms with Crippen molar-refractivity contribution in [1.29, 1.82) is 0 Å². The maximum absolute atomic E-state index is 12.0. The topological polar surface area (TPSA) is 104 Å². The summed E-state index contributed by atoms with van der Waals surface area (Å²) in [6, 6.07) is 3.88. The lowest BCUT2D eigenvalue weighted by Gasteiger charge is -2.29. The molecule has 8 heteroatoms. The molecule has 0 spiro atoms. The van der Waals surface area contributed by atoms with Crippen molar-refractivity contribution in [3.05, 3.63) is 33.9 Å². The van der Waals surface area contributed by atoms with Crippen LogP contribution in [0.1, 0.15) is 36.5 Å². The molecule has 1 aromatic rings. The third kappa shape index (κ3) is 3.64. The van der Waals surface area contributed by atoms with Crippen LogP contribution in [-0.2, 0) is 4.79 Å². The summed E-state index contributed by atoms with van der Waals surface area (Å²) in [5.74, 6) is -1.12. The number of carbonyl (C=O) groups is 2. The van der Waals surface area contributed by atoms with Crippen LogP contribution in [0.15, 0.2) is 18.2 Å². The van der Waals surface area contributed by atoms with Crippen molar-refractivity contribution in [3.8, 4) is 0 Å². The maximum Gasteiger partial charge on any atom is 0.335 e. The number of likely N-dealkylation sites (N-methyl/N-ethyl adjacent to an activating group) is 1. The highest BCUT2D eigenvalue weighted by Gasteiger charge is 2.30. The molecule has 1 N–H and O–H groups in total. The van der Waals surface area contributed by atoms with Crippen molar-refractivity contribution in [2.75, 3.05) is 25.0 Å². The first kappa shape index (κ1) is 17.7. The average molecular weight is 335 g/mol. The van der Waals surface area contributed by atoms with Gasteiger partial charge in [0.2, 0.25) is 5.91 Å². The molecule has 1 unspecified atom stereocenters. The minimum absolute atomic E-state index is 0.0150. The number of carboxylic acids is 1. The van der Waals surface area contributed by atoms with E-state index < -0.39 is 10.9 Å². The standard InChI is InChI=1S/C16H21N3O5/c1-3-15(20)18-8-4-5-12(18)10-17(2)13-7-6-11(16(21)22)9-14(13)19(23)24/h6-7,9,12H,3-5,8,10H2,1-2H3,(H,21,22). The van der Waals surface area contributed by atoms with Crippen molar-refractivity contribution in [3.63, 3.8) is 0 Å². The monoisotopic (exact) mass is 335 g/mol. The number of likely N-dealkylation sites (tertiary alicyclic amines) is 1. The van der Waals surface area contributed by atoms with Crippen molar-refractivity contribution in [2.24, 2.45) is 0 Å². The number of nitrogens with zero attached hydrogens (tertiary/aromatic N) is 3. The first-order chi connectivity index (χ1) is 11.3. The lowest BCUT2D eigenvalue weighted by Crippen LogP contribution is -2.42. The second kappa shape index (κ2) is 7.29. The van der Waals surface area contributed by atoms with E-state index in [1.807, 2.05) is 11.8 Å². The third-order valence-electron chi connectivity index (χ3n) is 4.31. The SMILES string of the molecule is CCC(=O)N1CCCC1CN(C)c1ccc(C(=O)O)cc1[N+](=O)[O-]. The summed E-state index contributed by atoms with van der Waals surface area (Å²) < 4.78 is 0. The molecular weight excluding hydrogens is 314 g/mol. The highest BCUT2D eigenvalue weighted by Crippen LogP contribution is 2.30. The number of carboxylic acid groups (broad SMARTS) is 1. The van der Waals surface area contributed by atoms with Crippen molar-refractivity contribution < 1.29 is 19.6 Å². The molecule has 0 bridgehead atoms. The van der Waals surface area contributed by atoms with Crippen molar-refractivity contribution >= 4 is 23.3 Å². The van der Waals surface area contributed by atoms with Crippen LogP contribution >= 0.6 is 0 Å². The van der Waals surface area contributed by atoms with Gasteiger partial charge in [-0.25, -0.2) is 4.79 Å². The summed E-state index contributed by atoms with van der Waals surface area (Å²) in [4.78, 5) is 37.2. The maximum atomic E-state index is 12.0. The van der Waals surface area contributed by atoms with E-state index in [1.54, 1.807) is 11.9 Å². The molecular formula is C16H21N3O5. The number of hydrogen-bond acceptors (Lipinski definition) is 5. The van der Waals surface area contributed by atoms with Crippen molar-refractivity contribution in [2.45, 2.75) is 32.2 Å². The van der Waals surface area contributed by atoms with Gasteiger partial charge in [-0.1, -0.05) is 6.92 Å². The van der Waals surface area contributed by atoms with E-state index in [0.717, 1.165) is 18.9 Å². The highest BCUT2D eigenvalue weighted by atomic mass is 16.6. The Labute approximate surface area is 139 Å². The summed E-state index contributed by atoms with van der Waals surface area (Å²) in [7, 11) is 1.72. The van der Waals surface area contributed by atoms with Crippen LogP contribution in [0.25, 0.3) is 0 Å². The molecule has 0 aromatic heterocycles. The Morgan fingerprint density at radius 1 is 1.46 bits per heavy atom. The molecule has 1 fully saturated rings. The molecule has 1 aliphatic rings. The van der Waals surface area contributed by atoms with Gasteiger partial charge in [-0.2, -0.15) is 0 Å². The van der Waals surface area contributed by atoms with Crippen LogP contribution in [0.5, 0.6) is 0 Å². The molecule has 24 heavy (non-hydrogen) atoms.